The maximum atomic E-state index is 9.64. The third-order valence-electron chi connectivity index (χ3n) is 5.40. The third-order valence-corrected chi connectivity index (χ3v) is 5.65. The van der Waals surface area contributed by atoms with Crippen molar-refractivity contribution in [2.75, 3.05) is 5.32 Å². The second-order valence-electron chi connectivity index (χ2n) is 8.13. The van der Waals surface area contributed by atoms with Crippen LogP contribution >= 0.6 is 11.6 Å². The Balaban J connectivity index is 0.000000349. The van der Waals surface area contributed by atoms with Gasteiger partial charge >= 0.3 is 11.9 Å². The van der Waals surface area contributed by atoms with Crippen molar-refractivity contribution in [1.29, 1.82) is 0 Å². The lowest BCUT2D eigenvalue weighted by atomic mass is 10.0. The van der Waals surface area contributed by atoms with Gasteiger partial charge in [-0.1, -0.05) is 29.8 Å². The van der Waals surface area contributed by atoms with Crippen LogP contribution < -0.4 is 5.32 Å². The fourth-order valence-corrected chi connectivity index (χ4v) is 3.75. The molecule has 0 aliphatic rings. The predicted molar refractivity (Wildman–Crippen MR) is 143 cm³/mol. The second-order valence-corrected chi connectivity index (χ2v) is 8.57. The lowest BCUT2D eigenvalue weighted by Gasteiger charge is -2.13. The molecule has 0 spiro atoms. The van der Waals surface area contributed by atoms with E-state index in [0.717, 1.165) is 45.4 Å². The van der Waals surface area contributed by atoms with E-state index in [-0.39, 0.29) is 12.8 Å². The highest BCUT2D eigenvalue weighted by molar-refractivity contribution is 6.30. The van der Waals surface area contributed by atoms with Gasteiger partial charge in [-0.15, -0.1) is 0 Å². The van der Waals surface area contributed by atoms with Gasteiger partial charge in [0.1, 0.15) is 5.52 Å². The number of aromatic nitrogens is 3. The van der Waals surface area contributed by atoms with E-state index in [2.05, 4.69) is 22.4 Å². The Bertz CT molecular complexity index is 1530. The van der Waals surface area contributed by atoms with Crippen LogP contribution in [0.5, 0.6) is 0 Å². The normalized spacial score (nSPS) is 10.5. The van der Waals surface area contributed by atoms with Crippen molar-refractivity contribution < 1.29 is 19.8 Å². The smallest absolute Gasteiger partial charge is 0.303 e. The SMILES string of the molecule is Clc1ccc(Nc2ccc(Cc3ccncc3)c3nc4ccccc4nc23)cc1.O=C(O)CCC(=O)O. The standard InChI is InChI=1S/C24H17ClN4.C4H6O4/c25-18-6-8-19(9-7-18)27-22-10-5-17(15-16-11-13-26-14-12-16)23-24(22)29-21-4-2-1-3-20(21)28-23;5-3(6)1-2-4(7)8/h1-14,27H,15H2;1-2H2,(H,5,6)(H,7,8). The zero-order valence-corrected chi connectivity index (χ0v) is 20.4. The van der Waals surface area contributed by atoms with Crippen LogP contribution in [0.2, 0.25) is 5.02 Å². The highest BCUT2D eigenvalue weighted by atomic mass is 35.5. The summed E-state index contributed by atoms with van der Waals surface area (Å²) in [5.41, 5.74) is 7.71. The quantitative estimate of drug-likeness (QED) is 0.222. The van der Waals surface area contributed by atoms with Crippen molar-refractivity contribution in [2.45, 2.75) is 19.3 Å². The van der Waals surface area contributed by atoms with E-state index in [1.165, 1.54) is 5.56 Å². The summed E-state index contributed by atoms with van der Waals surface area (Å²) in [5, 5.41) is 20.0. The summed E-state index contributed by atoms with van der Waals surface area (Å²) in [6.07, 6.45) is 3.81. The molecular formula is C28H23ClN4O4. The fourth-order valence-electron chi connectivity index (χ4n) is 3.62. The fraction of sp³-hybridized carbons (Fsp3) is 0.107. The number of hydrogen-bond donors (Lipinski definition) is 3. The summed E-state index contributed by atoms with van der Waals surface area (Å²) < 4.78 is 0. The Hall–Kier alpha value is -4.56. The summed E-state index contributed by atoms with van der Waals surface area (Å²) in [7, 11) is 0. The number of halogens is 1. The molecule has 8 nitrogen and oxygen atoms in total. The van der Waals surface area contributed by atoms with Crippen LogP contribution in [0, 0.1) is 0 Å². The number of para-hydroxylation sites is 2. The molecule has 0 fully saturated rings. The Labute approximate surface area is 217 Å². The predicted octanol–water partition coefficient (Wildman–Crippen LogP) is 6.10. The van der Waals surface area contributed by atoms with Crippen molar-refractivity contribution in [3.63, 3.8) is 0 Å². The first-order valence-corrected chi connectivity index (χ1v) is 11.8. The van der Waals surface area contributed by atoms with Gasteiger partial charge in [0.05, 0.1) is 35.1 Å². The first-order valence-electron chi connectivity index (χ1n) is 11.4. The summed E-state index contributed by atoms with van der Waals surface area (Å²) in [5.74, 6) is -2.15. The van der Waals surface area contributed by atoms with Crippen LogP contribution in [-0.2, 0) is 16.0 Å². The molecule has 0 atom stereocenters. The molecule has 0 bridgehead atoms. The van der Waals surface area contributed by atoms with Crippen LogP contribution in [0.25, 0.3) is 22.1 Å². The van der Waals surface area contributed by atoms with E-state index in [1.54, 1.807) is 0 Å². The molecule has 0 aliphatic heterocycles. The largest absolute Gasteiger partial charge is 0.481 e. The summed E-state index contributed by atoms with van der Waals surface area (Å²) in [6.45, 7) is 0. The Morgan fingerprint density at radius 2 is 1.35 bits per heavy atom. The van der Waals surface area contributed by atoms with Crippen molar-refractivity contribution >= 4 is 57.0 Å². The summed E-state index contributed by atoms with van der Waals surface area (Å²) >= 11 is 6.02. The van der Waals surface area contributed by atoms with E-state index in [9.17, 15) is 9.59 Å². The molecule has 186 valence electrons. The van der Waals surface area contributed by atoms with Gasteiger partial charge in [-0.2, -0.15) is 0 Å². The number of aliphatic carboxylic acids is 2. The molecule has 0 amide bonds. The van der Waals surface area contributed by atoms with E-state index >= 15 is 0 Å². The lowest BCUT2D eigenvalue weighted by Crippen LogP contribution is -2.00. The number of carbonyl (C=O) groups is 2. The Morgan fingerprint density at radius 3 is 1.95 bits per heavy atom. The number of nitrogens with zero attached hydrogens (tertiary/aromatic N) is 3. The topological polar surface area (TPSA) is 125 Å². The lowest BCUT2D eigenvalue weighted by molar-refractivity contribution is -0.143. The van der Waals surface area contributed by atoms with Gasteiger partial charge in [0.25, 0.3) is 0 Å². The molecule has 0 aliphatic carbocycles. The molecule has 0 unspecified atom stereocenters. The van der Waals surface area contributed by atoms with Gasteiger partial charge in [0.15, 0.2) is 0 Å². The minimum atomic E-state index is -1.08. The number of fused-ring (bicyclic) bond motifs is 2. The molecule has 3 aromatic carbocycles. The third kappa shape index (κ3) is 6.99. The maximum absolute atomic E-state index is 9.64. The number of pyridine rings is 1. The molecule has 0 saturated heterocycles. The first kappa shape index (κ1) is 25.5. The number of rotatable bonds is 7. The number of benzene rings is 3. The average molecular weight is 515 g/mol. The van der Waals surface area contributed by atoms with Crippen LogP contribution in [0.3, 0.4) is 0 Å². The van der Waals surface area contributed by atoms with Crippen LogP contribution in [0.4, 0.5) is 11.4 Å². The van der Waals surface area contributed by atoms with E-state index in [1.807, 2.05) is 73.1 Å². The van der Waals surface area contributed by atoms with Crippen LogP contribution in [0.1, 0.15) is 24.0 Å². The minimum absolute atomic E-state index is 0.296. The number of carboxylic acids is 2. The van der Waals surface area contributed by atoms with Crippen molar-refractivity contribution in [3.05, 3.63) is 101 Å². The molecule has 5 aromatic rings. The average Bonchev–Trinajstić information content (AvgIpc) is 2.90. The van der Waals surface area contributed by atoms with Crippen LogP contribution in [-0.4, -0.2) is 37.1 Å². The van der Waals surface area contributed by atoms with Gasteiger partial charge in [-0.05, 0) is 72.1 Å². The Kier molecular flexibility index (Phi) is 8.22. The van der Waals surface area contributed by atoms with Crippen LogP contribution in [0.15, 0.2) is 85.2 Å². The van der Waals surface area contributed by atoms with Crippen molar-refractivity contribution in [3.8, 4) is 0 Å². The van der Waals surface area contributed by atoms with Gasteiger partial charge in [-0.25, -0.2) is 9.97 Å². The van der Waals surface area contributed by atoms with Gasteiger partial charge < -0.3 is 15.5 Å². The van der Waals surface area contributed by atoms with E-state index in [0.29, 0.717) is 5.02 Å². The molecular weight excluding hydrogens is 492 g/mol. The van der Waals surface area contributed by atoms with Gasteiger partial charge in [-0.3, -0.25) is 14.6 Å². The molecule has 3 N–H and O–H groups in total. The number of anilines is 2. The zero-order chi connectivity index (χ0) is 26.2. The molecule has 37 heavy (non-hydrogen) atoms. The minimum Gasteiger partial charge on any atom is -0.481 e. The first-order chi connectivity index (χ1) is 17.9. The number of hydrogen-bond acceptors (Lipinski definition) is 6. The maximum Gasteiger partial charge on any atom is 0.303 e. The van der Waals surface area contributed by atoms with Gasteiger partial charge in [0, 0.05) is 23.1 Å². The number of carboxylic acid groups (broad SMARTS) is 2. The zero-order valence-electron chi connectivity index (χ0n) is 19.6. The summed E-state index contributed by atoms with van der Waals surface area (Å²) in [6, 6.07) is 23.8. The molecule has 2 aromatic heterocycles. The molecule has 0 radical (unpaired) electrons. The highest BCUT2D eigenvalue weighted by Crippen LogP contribution is 2.30. The molecule has 5 rings (SSSR count). The molecule has 2 heterocycles. The monoisotopic (exact) mass is 514 g/mol. The van der Waals surface area contributed by atoms with E-state index < -0.39 is 11.9 Å². The van der Waals surface area contributed by atoms with Gasteiger partial charge in [0.2, 0.25) is 0 Å². The Morgan fingerprint density at radius 1 is 0.757 bits per heavy atom. The van der Waals surface area contributed by atoms with E-state index in [4.69, 9.17) is 31.8 Å². The highest BCUT2D eigenvalue weighted by Gasteiger charge is 2.12. The number of nitrogens with one attached hydrogen (secondary N) is 1. The molecule has 9 heteroatoms. The summed E-state index contributed by atoms with van der Waals surface area (Å²) in [4.78, 5) is 33.3. The van der Waals surface area contributed by atoms with Crippen molar-refractivity contribution in [2.24, 2.45) is 0 Å². The second kappa shape index (κ2) is 11.9. The molecule has 0 saturated carbocycles. The van der Waals surface area contributed by atoms with Crippen molar-refractivity contribution in [1.82, 2.24) is 15.0 Å².